The second kappa shape index (κ2) is 4.10. The Bertz CT molecular complexity index is 367. The van der Waals surface area contributed by atoms with Gasteiger partial charge in [-0.25, -0.2) is 0 Å². The molecular formula is C14H19NO. The summed E-state index contributed by atoms with van der Waals surface area (Å²) in [6.45, 7) is 0. The predicted octanol–water partition coefficient (Wildman–Crippen LogP) is 2.69. The minimum Gasteiger partial charge on any atom is -0.496 e. The van der Waals surface area contributed by atoms with E-state index in [1.807, 2.05) is 6.07 Å². The normalized spacial score (nSPS) is 28.6. The van der Waals surface area contributed by atoms with Gasteiger partial charge in [-0.05, 0) is 43.2 Å². The zero-order chi connectivity index (χ0) is 11.0. The minimum atomic E-state index is 0.701. The van der Waals surface area contributed by atoms with Crippen molar-refractivity contribution in [1.82, 2.24) is 5.32 Å². The topological polar surface area (TPSA) is 21.3 Å². The Morgan fingerprint density at radius 2 is 1.88 bits per heavy atom. The van der Waals surface area contributed by atoms with Crippen molar-refractivity contribution in [3.8, 4) is 5.75 Å². The first-order valence-corrected chi connectivity index (χ1v) is 6.26. The van der Waals surface area contributed by atoms with Gasteiger partial charge >= 0.3 is 0 Å². The molecule has 3 rings (SSSR count). The lowest BCUT2D eigenvalue weighted by Crippen LogP contribution is -2.41. The second-order valence-corrected chi connectivity index (χ2v) is 5.05. The average Bonchev–Trinajstić information content (AvgIpc) is 3.07. The van der Waals surface area contributed by atoms with Crippen LogP contribution in [0.1, 0.15) is 37.2 Å². The highest BCUT2D eigenvalue weighted by molar-refractivity contribution is 5.37. The van der Waals surface area contributed by atoms with Gasteiger partial charge in [-0.3, -0.25) is 0 Å². The van der Waals surface area contributed by atoms with Crippen molar-refractivity contribution < 1.29 is 4.74 Å². The van der Waals surface area contributed by atoms with Crippen molar-refractivity contribution in [2.45, 2.75) is 43.7 Å². The number of para-hydroxylation sites is 1. The van der Waals surface area contributed by atoms with Crippen LogP contribution in [-0.2, 0) is 0 Å². The van der Waals surface area contributed by atoms with E-state index in [9.17, 15) is 0 Å². The van der Waals surface area contributed by atoms with Crippen molar-refractivity contribution in [3.05, 3.63) is 29.8 Å². The van der Waals surface area contributed by atoms with Crippen LogP contribution in [0.2, 0.25) is 0 Å². The van der Waals surface area contributed by atoms with Crippen LogP contribution in [0, 0.1) is 0 Å². The van der Waals surface area contributed by atoms with Crippen LogP contribution in [0.3, 0.4) is 0 Å². The zero-order valence-corrected chi connectivity index (χ0v) is 9.78. The van der Waals surface area contributed by atoms with Gasteiger partial charge in [0.1, 0.15) is 5.75 Å². The summed E-state index contributed by atoms with van der Waals surface area (Å²) in [6, 6.07) is 10.0. The smallest absolute Gasteiger partial charge is 0.122 e. The third-order valence-corrected chi connectivity index (χ3v) is 3.77. The van der Waals surface area contributed by atoms with Gasteiger partial charge in [-0.2, -0.15) is 0 Å². The molecule has 2 aliphatic carbocycles. The first-order chi connectivity index (χ1) is 7.86. The molecule has 0 atom stereocenters. The van der Waals surface area contributed by atoms with E-state index in [0.717, 1.165) is 17.8 Å². The third kappa shape index (κ3) is 1.94. The number of methoxy groups -OCH3 is 1. The summed E-state index contributed by atoms with van der Waals surface area (Å²) in [4.78, 5) is 0. The molecule has 0 unspecified atom stereocenters. The molecule has 2 saturated carbocycles. The van der Waals surface area contributed by atoms with Gasteiger partial charge in [-0.15, -0.1) is 0 Å². The predicted molar refractivity (Wildman–Crippen MR) is 64.9 cm³/mol. The molecule has 16 heavy (non-hydrogen) atoms. The lowest BCUT2D eigenvalue weighted by atomic mass is 9.75. The molecule has 0 amide bonds. The highest BCUT2D eigenvalue weighted by atomic mass is 16.5. The molecule has 0 saturated heterocycles. The average molecular weight is 217 g/mol. The number of hydrogen-bond donors (Lipinski definition) is 1. The quantitative estimate of drug-likeness (QED) is 0.837. The Balaban J connectivity index is 1.61. The Labute approximate surface area is 97.0 Å². The summed E-state index contributed by atoms with van der Waals surface area (Å²) in [6.07, 6.45) is 5.32. The minimum absolute atomic E-state index is 0.701. The van der Waals surface area contributed by atoms with Crippen molar-refractivity contribution in [2.24, 2.45) is 0 Å². The van der Waals surface area contributed by atoms with Gasteiger partial charge in [0, 0.05) is 12.1 Å². The van der Waals surface area contributed by atoms with Crippen LogP contribution < -0.4 is 10.1 Å². The van der Waals surface area contributed by atoms with Gasteiger partial charge in [0.05, 0.1) is 7.11 Å². The summed E-state index contributed by atoms with van der Waals surface area (Å²) in [5.74, 6) is 1.75. The highest BCUT2D eigenvalue weighted by Gasteiger charge is 2.35. The van der Waals surface area contributed by atoms with Crippen LogP contribution in [-0.4, -0.2) is 19.2 Å². The van der Waals surface area contributed by atoms with E-state index >= 15 is 0 Å². The van der Waals surface area contributed by atoms with Crippen LogP contribution in [0.15, 0.2) is 24.3 Å². The molecule has 0 aromatic heterocycles. The summed E-state index contributed by atoms with van der Waals surface area (Å²) in [7, 11) is 1.76. The molecule has 1 aromatic carbocycles. The molecule has 0 bridgehead atoms. The van der Waals surface area contributed by atoms with Crippen molar-refractivity contribution >= 4 is 0 Å². The maximum atomic E-state index is 5.41. The largest absolute Gasteiger partial charge is 0.496 e. The van der Waals surface area contributed by atoms with E-state index in [1.165, 1.54) is 31.2 Å². The lowest BCUT2D eigenvalue weighted by molar-refractivity contribution is 0.281. The fourth-order valence-corrected chi connectivity index (χ4v) is 2.59. The Morgan fingerprint density at radius 1 is 1.12 bits per heavy atom. The molecule has 2 fully saturated rings. The van der Waals surface area contributed by atoms with Crippen LogP contribution >= 0.6 is 0 Å². The molecular weight excluding hydrogens is 198 g/mol. The van der Waals surface area contributed by atoms with Crippen molar-refractivity contribution in [2.75, 3.05) is 7.11 Å². The number of ether oxygens (including phenoxy) is 1. The molecule has 0 aliphatic heterocycles. The SMILES string of the molecule is COc1ccccc1C1CC(NC2CC2)C1. The maximum absolute atomic E-state index is 5.41. The van der Waals surface area contributed by atoms with Crippen LogP contribution in [0.25, 0.3) is 0 Å². The molecule has 1 aromatic rings. The Kier molecular flexibility index (Phi) is 2.60. The summed E-state index contributed by atoms with van der Waals surface area (Å²) >= 11 is 0. The zero-order valence-electron chi connectivity index (χ0n) is 9.78. The highest BCUT2D eigenvalue weighted by Crippen LogP contribution is 2.41. The fourth-order valence-electron chi connectivity index (χ4n) is 2.59. The Hall–Kier alpha value is -1.02. The first kappa shape index (κ1) is 10.2. The van der Waals surface area contributed by atoms with E-state index in [-0.39, 0.29) is 0 Å². The van der Waals surface area contributed by atoms with Gasteiger partial charge in [0.2, 0.25) is 0 Å². The van der Waals surface area contributed by atoms with Gasteiger partial charge < -0.3 is 10.1 Å². The number of hydrogen-bond acceptors (Lipinski definition) is 2. The van der Waals surface area contributed by atoms with E-state index < -0.39 is 0 Å². The van der Waals surface area contributed by atoms with Gasteiger partial charge in [0.25, 0.3) is 0 Å². The van der Waals surface area contributed by atoms with E-state index in [2.05, 4.69) is 23.5 Å². The van der Waals surface area contributed by atoms with E-state index in [1.54, 1.807) is 7.11 Å². The van der Waals surface area contributed by atoms with Crippen LogP contribution in [0.4, 0.5) is 0 Å². The van der Waals surface area contributed by atoms with E-state index in [0.29, 0.717) is 5.92 Å². The molecule has 2 heteroatoms. The van der Waals surface area contributed by atoms with Crippen molar-refractivity contribution in [3.63, 3.8) is 0 Å². The van der Waals surface area contributed by atoms with Gasteiger partial charge in [-0.1, -0.05) is 18.2 Å². The molecule has 86 valence electrons. The lowest BCUT2D eigenvalue weighted by Gasteiger charge is -2.37. The molecule has 0 radical (unpaired) electrons. The third-order valence-electron chi connectivity index (χ3n) is 3.77. The second-order valence-electron chi connectivity index (χ2n) is 5.05. The monoisotopic (exact) mass is 217 g/mol. The van der Waals surface area contributed by atoms with Gasteiger partial charge in [0.15, 0.2) is 0 Å². The van der Waals surface area contributed by atoms with E-state index in [4.69, 9.17) is 4.74 Å². The number of benzene rings is 1. The maximum Gasteiger partial charge on any atom is 0.122 e. The fraction of sp³-hybridized carbons (Fsp3) is 0.571. The summed E-state index contributed by atoms with van der Waals surface area (Å²) < 4.78 is 5.41. The molecule has 1 N–H and O–H groups in total. The van der Waals surface area contributed by atoms with Crippen LogP contribution in [0.5, 0.6) is 5.75 Å². The number of rotatable bonds is 4. The molecule has 0 spiro atoms. The standard InChI is InChI=1S/C14H19NO/c1-16-14-5-3-2-4-13(14)10-8-12(9-10)15-11-6-7-11/h2-5,10-12,15H,6-9H2,1H3. The summed E-state index contributed by atoms with van der Waals surface area (Å²) in [5, 5.41) is 3.69. The first-order valence-electron chi connectivity index (χ1n) is 6.26. The number of nitrogens with one attached hydrogen (secondary N) is 1. The van der Waals surface area contributed by atoms with Crippen molar-refractivity contribution in [1.29, 1.82) is 0 Å². The Morgan fingerprint density at radius 3 is 2.56 bits per heavy atom. The summed E-state index contributed by atoms with van der Waals surface area (Å²) in [5.41, 5.74) is 1.39. The molecule has 0 heterocycles. The molecule has 2 aliphatic rings. The molecule has 2 nitrogen and oxygen atoms in total.